The van der Waals surface area contributed by atoms with E-state index >= 15 is 0 Å². The smallest absolute Gasteiger partial charge is 0.294 e. The Morgan fingerprint density at radius 2 is 1.69 bits per heavy atom. The average Bonchev–Trinajstić information content (AvgIpc) is 3.46. The van der Waals surface area contributed by atoms with Gasteiger partial charge in [-0.2, -0.15) is 0 Å². The summed E-state index contributed by atoms with van der Waals surface area (Å²) in [7, 11) is 0. The van der Waals surface area contributed by atoms with E-state index in [-0.39, 0.29) is 17.4 Å². The lowest BCUT2D eigenvalue weighted by molar-refractivity contribution is -0.125. The van der Waals surface area contributed by atoms with Gasteiger partial charge >= 0.3 is 0 Å². The van der Waals surface area contributed by atoms with Crippen LogP contribution in [0.2, 0.25) is 0 Å². The largest absolute Gasteiger partial charge is 0.356 e. The highest BCUT2D eigenvalue weighted by atomic mass is 16.2. The maximum absolute atomic E-state index is 13.6. The Labute approximate surface area is 213 Å². The Kier molecular flexibility index (Phi) is 7.66. The van der Waals surface area contributed by atoms with Gasteiger partial charge in [0.25, 0.3) is 5.56 Å². The van der Waals surface area contributed by atoms with Crippen LogP contribution in [0.25, 0.3) is 11.0 Å². The van der Waals surface area contributed by atoms with Crippen molar-refractivity contribution in [3.05, 3.63) is 70.5 Å². The zero-order valence-electron chi connectivity index (χ0n) is 21.2. The fourth-order valence-corrected chi connectivity index (χ4v) is 5.57. The fraction of sp³-hybridized carbons (Fsp3) is 0.483. The predicted molar refractivity (Wildman–Crippen MR) is 144 cm³/mol. The summed E-state index contributed by atoms with van der Waals surface area (Å²) in [6, 6.07) is 18.4. The first kappa shape index (κ1) is 24.5. The molecular weight excluding hydrogens is 450 g/mol. The lowest BCUT2D eigenvalue weighted by atomic mass is 9.96. The van der Waals surface area contributed by atoms with Crippen molar-refractivity contribution in [1.82, 2.24) is 19.8 Å². The van der Waals surface area contributed by atoms with E-state index in [1.54, 1.807) is 0 Å². The summed E-state index contributed by atoms with van der Waals surface area (Å²) in [4.78, 5) is 35.8. The number of likely N-dealkylation sites (tertiary alicyclic amines) is 1. The second kappa shape index (κ2) is 11.2. The van der Waals surface area contributed by atoms with Gasteiger partial charge in [-0.1, -0.05) is 42.5 Å². The average molecular weight is 488 g/mol. The van der Waals surface area contributed by atoms with Crippen LogP contribution in [0.5, 0.6) is 0 Å². The number of aromatic nitrogens is 2. The molecular formula is C29H37N5O2. The Hall–Kier alpha value is -3.19. The number of hydrogen-bond donors (Lipinski definition) is 1. The number of benzene rings is 2. The number of fused-ring (bicyclic) bond motifs is 1. The summed E-state index contributed by atoms with van der Waals surface area (Å²) >= 11 is 0. The zero-order valence-corrected chi connectivity index (χ0v) is 21.2. The van der Waals surface area contributed by atoms with Crippen LogP contribution in [0, 0.1) is 5.92 Å². The van der Waals surface area contributed by atoms with E-state index in [2.05, 4.69) is 22.0 Å². The highest BCUT2D eigenvalue weighted by molar-refractivity contribution is 5.79. The first-order chi connectivity index (χ1) is 17.6. The van der Waals surface area contributed by atoms with Gasteiger partial charge in [0.2, 0.25) is 5.91 Å². The summed E-state index contributed by atoms with van der Waals surface area (Å²) in [5.41, 5.74) is 2.66. The van der Waals surface area contributed by atoms with E-state index in [0.717, 1.165) is 42.4 Å². The van der Waals surface area contributed by atoms with Crippen LogP contribution in [0.15, 0.2) is 59.4 Å². The number of amides is 1. The topological polar surface area (TPSA) is 70.5 Å². The molecule has 7 heteroatoms. The normalized spacial score (nSPS) is 18.0. The van der Waals surface area contributed by atoms with Gasteiger partial charge in [-0.15, -0.1) is 0 Å². The maximum atomic E-state index is 13.6. The van der Waals surface area contributed by atoms with Crippen molar-refractivity contribution < 1.29 is 4.79 Å². The van der Waals surface area contributed by atoms with E-state index < -0.39 is 0 Å². The fourth-order valence-electron chi connectivity index (χ4n) is 5.57. The number of nitrogens with one attached hydrogen (secondary N) is 1. The number of para-hydroxylation sites is 2. The zero-order chi connectivity index (χ0) is 24.9. The summed E-state index contributed by atoms with van der Waals surface area (Å²) in [6.45, 7) is 7.18. The molecule has 2 saturated heterocycles. The monoisotopic (exact) mass is 487 g/mol. The molecule has 0 aliphatic carbocycles. The molecule has 1 atom stereocenters. The van der Waals surface area contributed by atoms with E-state index in [1.165, 1.54) is 25.9 Å². The Balaban J connectivity index is 1.23. The molecule has 2 aromatic carbocycles. The SMILES string of the molecule is CC(CCNC(=O)C1CCN(c2nc3ccccc3n(Cc3ccccc3)c2=O)CC1)N1CCCC1. The van der Waals surface area contributed by atoms with Crippen LogP contribution in [0.1, 0.15) is 44.6 Å². The molecule has 190 valence electrons. The third-order valence-corrected chi connectivity index (χ3v) is 7.81. The van der Waals surface area contributed by atoms with Gasteiger partial charge < -0.3 is 15.1 Å². The molecule has 0 bridgehead atoms. The number of carbonyl (C=O) groups is 1. The van der Waals surface area contributed by atoms with Gasteiger partial charge in [0.15, 0.2) is 5.82 Å². The molecule has 0 spiro atoms. The predicted octanol–water partition coefficient (Wildman–Crippen LogP) is 3.65. The summed E-state index contributed by atoms with van der Waals surface area (Å²) in [5, 5.41) is 3.17. The molecule has 36 heavy (non-hydrogen) atoms. The van der Waals surface area contributed by atoms with Gasteiger partial charge in [0, 0.05) is 31.6 Å². The molecule has 3 heterocycles. The van der Waals surface area contributed by atoms with Crippen LogP contribution in [-0.2, 0) is 11.3 Å². The minimum absolute atomic E-state index is 0.00431. The maximum Gasteiger partial charge on any atom is 0.294 e. The number of hydrogen-bond acceptors (Lipinski definition) is 5. The lowest BCUT2D eigenvalue weighted by Gasteiger charge is -2.32. The van der Waals surface area contributed by atoms with Crippen LogP contribution >= 0.6 is 0 Å². The second-order valence-corrected chi connectivity index (χ2v) is 10.2. The van der Waals surface area contributed by atoms with Crippen LogP contribution in [0.4, 0.5) is 5.82 Å². The molecule has 2 aliphatic heterocycles. The molecule has 1 unspecified atom stereocenters. The molecule has 1 N–H and O–H groups in total. The van der Waals surface area contributed by atoms with Gasteiger partial charge in [0.05, 0.1) is 17.6 Å². The van der Waals surface area contributed by atoms with Crippen molar-refractivity contribution in [2.24, 2.45) is 5.92 Å². The first-order valence-corrected chi connectivity index (χ1v) is 13.4. The van der Waals surface area contributed by atoms with Gasteiger partial charge in [0.1, 0.15) is 0 Å². The highest BCUT2D eigenvalue weighted by Crippen LogP contribution is 2.23. The lowest BCUT2D eigenvalue weighted by Crippen LogP contribution is -2.44. The molecule has 0 radical (unpaired) electrons. The molecule has 7 nitrogen and oxygen atoms in total. The molecule has 0 saturated carbocycles. The summed E-state index contributed by atoms with van der Waals surface area (Å²) in [6.07, 6.45) is 5.05. The minimum atomic E-state index is -0.0728. The number of carbonyl (C=O) groups excluding carboxylic acids is 1. The van der Waals surface area contributed by atoms with E-state index in [9.17, 15) is 9.59 Å². The Morgan fingerprint density at radius 1 is 1.00 bits per heavy atom. The van der Waals surface area contributed by atoms with Crippen molar-refractivity contribution in [1.29, 1.82) is 0 Å². The third-order valence-electron chi connectivity index (χ3n) is 7.81. The van der Waals surface area contributed by atoms with Gasteiger partial charge in [-0.25, -0.2) is 4.98 Å². The van der Waals surface area contributed by atoms with E-state index in [1.807, 2.05) is 59.2 Å². The van der Waals surface area contributed by atoms with E-state index in [0.29, 0.717) is 31.5 Å². The number of nitrogens with zero attached hydrogens (tertiary/aromatic N) is 4. The molecule has 3 aromatic rings. The van der Waals surface area contributed by atoms with Crippen LogP contribution < -0.4 is 15.8 Å². The standard InChI is InChI=1S/C29H37N5O2/c1-22(32-17-7-8-18-32)13-16-30-28(35)24-14-19-33(20-15-24)27-29(36)34(21-23-9-3-2-4-10-23)26-12-6-5-11-25(26)31-27/h2-6,9-12,22,24H,7-8,13-21H2,1H3,(H,30,35). The van der Waals surface area contributed by atoms with E-state index in [4.69, 9.17) is 4.98 Å². The Bertz CT molecular complexity index is 1230. The van der Waals surface area contributed by atoms with Crippen molar-refractivity contribution in [2.45, 2.75) is 51.6 Å². The third kappa shape index (κ3) is 5.46. The molecule has 1 aromatic heterocycles. The highest BCUT2D eigenvalue weighted by Gasteiger charge is 2.28. The van der Waals surface area contributed by atoms with Crippen molar-refractivity contribution in [2.75, 3.05) is 37.6 Å². The summed E-state index contributed by atoms with van der Waals surface area (Å²) in [5.74, 6) is 0.634. The van der Waals surface area contributed by atoms with Gasteiger partial charge in [-0.3, -0.25) is 14.2 Å². The van der Waals surface area contributed by atoms with Crippen LogP contribution in [-0.4, -0.2) is 59.1 Å². The number of anilines is 1. The number of piperidine rings is 1. The molecule has 2 aliphatic rings. The molecule has 2 fully saturated rings. The Morgan fingerprint density at radius 3 is 2.44 bits per heavy atom. The second-order valence-electron chi connectivity index (χ2n) is 10.2. The minimum Gasteiger partial charge on any atom is -0.356 e. The van der Waals surface area contributed by atoms with Gasteiger partial charge in [-0.05, 0) is 69.8 Å². The van der Waals surface area contributed by atoms with Crippen molar-refractivity contribution >= 4 is 22.8 Å². The molecule has 1 amide bonds. The quantitative estimate of drug-likeness (QED) is 0.525. The summed E-state index contributed by atoms with van der Waals surface area (Å²) < 4.78 is 1.83. The molecule has 5 rings (SSSR count). The van der Waals surface area contributed by atoms with Crippen molar-refractivity contribution in [3.8, 4) is 0 Å². The van der Waals surface area contributed by atoms with Crippen LogP contribution in [0.3, 0.4) is 0 Å². The first-order valence-electron chi connectivity index (χ1n) is 13.4. The van der Waals surface area contributed by atoms with Crippen molar-refractivity contribution in [3.63, 3.8) is 0 Å². The number of rotatable bonds is 8.